The van der Waals surface area contributed by atoms with Crippen molar-refractivity contribution < 1.29 is 5.11 Å². The predicted octanol–water partition coefficient (Wildman–Crippen LogP) is 2.72. The maximum Gasteiger partial charge on any atom is 0.0810 e. The van der Waals surface area contributed by atoms with Gasteiger partial charge in [0.25, 0.3) is 0 Å². The van der Waals surface area contributed by atoms with Gasteiger partial charge in [0.05, 0.1) is 17.6 Å². The van der Waals surface area contributed by atoms with Crippen molar-refractivity contribution in [1.82, 2.24) is 0 Å². The standard InChI is InChI=1S/C12H21NO/c1-4-5-11(8-13)12(14)6-10(7-12)9(2)3/h9-11,14H,4-7H2,1-3H3. The summed E-state index contributed by atoms with van der Waals surface area (Å²) < 4.78 is 0. The molecule has 0 aromatic rings. The minimum Gasteiger partial charge on any atom is -0.389 e. The topological polar surface area (TPSA) is 44.0 Å². The van der Waals surface area contributed by atoms with E-state index in [-0.39, 0.29) is 5.92 Å². The monoisotopic (exact) mass is 195 g/mol. The van der Waals surface area contributed by atoms with Crippen LogP contribution in [0.1, 0.15) is 46.5 Å². The van der Waals surface area contributed by atoms with Crippen molar-refractivity contribution in [3.8, 4) is 6.07 Å². The quantitative estimate of drug-likeness (QED) is 0.749. The lowest BCUT2D eigenvalue weighted by atomic mass is 9.61. The molecular weight excluding hydrogens is 174 g/mol. The number of aliphatic hydroxyl groups is 1. The zero-order chi connectivity index (χ0) is 10.8. The van der Waals surface area contributed by atoms with E-state index in [9.17, 15) is 5.11 Å². The van der Waals surface area contributed by atoms with Gasteiger partial charge in [-0.15, -0.1) is 0 Å². The first-order valence-electron chi connectivity index (χ1n) is 5.65. The highest BCUT2D eigenvalue weighted by Crippen LogP contribution is 2.47. The second-order valence-corrected chi connectivity index (χ2v) is 4.99. The van der Waals surface area contributed by atoms with Crippen molar-refractivity contribution in [2.45, 2.75) is 52.1 Å². The van der Waals surface area contributed by atoms with Gasteiger partial charge in [-0.05, 0) is 31.1 Å². The van der Waals surface area contributed by atoms with Crippen LogP contribution in [0.5, 0.6) is 0 Å². The van der Waals surface area contributed by atoms with Crippen LogP contribution in [0.15, 0.2) is 0 Å². The van der Waals surface area contributed by atoms with E-state index in [0.717, 1.165) is 25.7 Å². The maximum absolute atomic E-state index is 10.2. The first-order chi connectivity index (χ1) is 6.53. The number of hydrogen-bond acceptors (Lipinski definition) is 2. The van der Waals surface area contributed by atoms with E-state index in [2.05, 4.69) is 26.8 Å². The Labute approximate surface area is 86.9 Å². The molecule has 0 radical (unpaired) electrons. The highest BCUT2D eigenvalue weighted by Gasteiger charge is 2.48. The molecule has 2 nitrogen and oxygen atoms in total. The summed E-state index contributed by atoms with van der Waals surface area (Å²) in [6, 6.07) is 2.25. The molecule has 0 aromatic heterocycles. The van der Waals surface area contributed by atoms with E-state index in [1.165, 1.54) is 0 Å². The van der Waals surface area contributed by atoms with Crippen molar-refractivity contribution in [2.24, 2.45) is 17.8 Å². The summed E-state index contributed by atoms with van der Waals surface area (Å²) in [5.41, 5.74) is -0.667. The van der Waals surface area contributed by atoms with E-state index in [0.29, 0.717) is 11.8 Å². The molecule has 1 unspecified atom stereocenters. The predicted molar refractivity (Wildman–Crippen MR) is 56.5 cm³/mol. The molecule has 1 rings (SSSR count). The lowest BCUT2D eigenvalue weighted by molar-refractivity contribution is -0.116. The van der Waals surface area contributed by atoms with Crippen LogP contribution in [0.3, 0.4) is 0 Å². The van der Waals surface area contributed by atoms with Gasteiger partial charge in [-0.3, -0.25) is 0 Å². The molecule has 0 spiro atoms. The van der Waals surface area contributed by atoms with Crippen molar-refractivity contribution in [3.05, 3.63) is 0 Å². The third-order valence-corrected chi connectivity index (χ3v) is 3.56. The van der Waals surface area contributed by atoms with E-state index in [4.69, 9.17) is 5.26 Å². The Kier molecular flexibility index (Phi) is 3.55. The van der Waals surface area contributed by atoms with Gasteiger partial charge in [0.15, 0.2) is 0 Å². The van der Waals surface area contributed by atoms with Crippen molar-refractivity contribution in [2.75, 3.05) is 0 Å². The molecule has 0 heterocycles. The second-order valence-electron chi connectivity index (χ2n) is 4.99. The van der Waals surface area contributed by atoms with Gasteiger partial charge in [-0.1, -0.05) is 27.2 Å². The molecule has 2 heteroatoms. The molecule has 14 heavy (non-hydrogen) atoms. The van der Waals surface area contributed by atoms with Gasteiger partial charge in [0.1, 0.15) is 0 Å². The first kappa shape index (κ1) is 11.5. The molecule has 0 aliphatic heterocycles. The molecule has 0 bridgehead atoms. The van der Waals surface area contributed by atoms with Gasteiger partial charge < -0.3 is 5.11 Å². The highest BCUT2D eigenvalue weighted by molar-refractivity contribution is 5.06. The van der Waals surface area contributed by atoms with Crippen molar-refractivity contribution >= 4 is 0 Å². The minimum atomic E-state index is -0.667. The Morgan fingerprint density at radius 2 is 2.07 bits per heavy atom. The van der Waals surface area contributed by atoms with Gasteiger partial charge in [0.2, 0.25) is 0 Å². The van der Waals surface area contributed by atoms with E-state index >= 15 is 0 Å². The Bertz CT molecular complexity index is 223. The van der Waals surface area contributed by atoms with Crippen molar-refractivity contribution in [1.29, 1.82) is 5.26 Å². The molecule has 1 atom stereocenters. The second kappa shape index (κ2) is 4.31. The molecule has 1 N–H and O–H groups in total. The number of rotatable bonds is 4. The molecule has 1 aliphatic carbocycles. The molecule has 1 aliphatic rings. The fraction of sp³-hybridized carbons (Fsp3) is 0.917. The number of nitriles is 1. The van der Waals surface area contributed by atoms with Crippen LogP contribution < -0.4 is 0 Å². The summed E-state index contributed by atoms with van der Waals surface area (Å²) in [4.78, 5) is 0. The van der Waals surface area contributed by atoms with Crippen LogP contribution in [0.4, 0.5) is 0 Å². The Balaban J connectivity index is 2.50. The maximum atomic E-state index is 10.2. The van der Waals surface area contributed by atoms with Gasteiger partial charge in [-0.2, -0.15) is 5.26 Å². The average molecular weight is 195 g/mol. The molecule has 0 amide bonds. The molecule has 80 valence electrons. The minimum absolute atomic E-state index is 0.150. The summed E-state index contributed by atoms with van der Waals surface area (Å²) >= 11 is 0. The zero-order valence-electron chi connectivity index (χ0n) is 9.45. The normalized spacial score (nSPS) is 33.6. The summed E-state index contributed by atoms with van der Waals surface area (Å²) in [5, 5.41) is 19.2. The summed E-state index contributed by atoms with van der Waals surface area (Å²) in [6.45, 7) is 6.43. The largest absolute Gasteiger partial charge is 0.389 e. The fourth-order valence-electron chi connectivity index (χ4n) is 2.35. The zero-order valence-corrected chi connectivity index (χ0v) is 9.45. The van der Waals surface area contributed by atoms with Gasteiger partial charge in [0, 0.05) is 0 Å². The summed E-state index contributed by atoms with van der Waals surface area (Å²) in [5.74, 6) is 1.10. The number of nitrogens with zero attached hydrogens (tertiary/aromatic N) is 1. The van der Waals surface area contributed by atoms with Crippen LogP contribution in [0.25, 0.3) is 0 Å². The average Bonchev–Trinajstić information content (AvgIpc) is 2.08. The third-order valence-electron chi connectivity index (χ3n) is 3.56. The molecule has 1 saturated carbocycles. The van der Waals surface area contributed by atoms with E-state index in [1.54, 1.807) is 0 Å². The molecule has 0 saturated heterocycles. The summed E-state index contributed by atoms with van der Waals surface area (Å²) in [7, 11) is 0. The van der Waals surface area contributed by atoms with Crippen LogP contribution in [-0.2, 0) is 0 Å². The lowest BCUT2D eigenvalue weighted by Crippen LogP contribution is -2.50. The van der Waals surface area contributed by atoms with Crippen LogP contribution in [0.2, 0.25) is 0 Å². The Hall–Kier alpha value is -0.550. The highest BCUT2D eigenvalue weighted by atomic mass is 16.3. The molecule has 1 fully saturated rings. The Morgan fingerprint density at radius 3 is 2.43 bits per heavy atom. The van der Waals surface area contributed by atoms with Gasteiger partial charge >= 0.3 is 0 Å². The molecular formula is C12H21NO. The van der Waals surface area contributed by atoms with Gasteiger partial charge in [-0.25, -0.2) is 0 Å². The first-order valence-corrected chi connectivity index (χ1v) is 5.65. The number of hydrogen-bond donors (Lipinski definition) is 1. The van der Waals surface area contributed by atoms with E-state index < -0.39 is 5.60 Å². The van der Waals surface area contributed by atoms with Crippen LogP contribution >= 0.6 is 0 Å². The summed E-state index contributed by atoms with van der Waals surface area (Å²) in [6.07, 6.45) is 3.45. The SMILES string of the molecule is CCCC(C#N)C1(O)CC(C(C)C)C1. The lowest BCUT2D eigenvalue weighted by Gasteiger charge is -2.48. The third kappa shape index (κ3) is 2.09. The molecule has 0 aromatic carbocycles. The van der Waals surface area contributed by atoms with Crippen molar-refractivity contribution in [3.63, 3.8) is 0 Å². The van der Waals surface area contributed by atoms with E-state index in [1.807, 2.05) is 0 Å². The Morgan fingerprint density at radius 1 is 1.50 bits per heavy atom. The van der Waals surface area contributed by atoms with Crippen LogP contribution in [0, 0.1) is 29.1 Å². The smallest absolute Gasteiger partial charge is 0.0810 e. The fourth-order valence-corrected chi connectivity index (χ4v) is 2.35. The van der Waals surface area contributed by atoms with Crippen LogP contribution in [-0.4, -0.2) is 10.7 Å².